The second kappa shape index (κ2) is 4.39. The van der Waals surface area contributed by atoms with E-state index in [4.69, 9.17) is 10.2 Å². The van der Waals surface area contributed by atoms with Crippen molar-refractivity contribution in [1.82, 2.24) is 4.98 Å². The number of aromatic nitrogens is 1. The Kier molecular flexibility index (Phi) is 2.95. The molecule has 0 aliphatic rings. The molecule has 0 aliphatic heterocycles. The monoisotopic (exact) mass is 216 g/mol. The molecule has 0 unspecified atom stereocenters. The number of hydrogen-bond acceptors (Lipinski definition) is 3. The predicted molar refractivity (Wildman–Crippen MR) is 64.2 cm³/mol. The van der Waals surface area contributed by atoms with E-state index in [1.165, 1.54) is 16.7 Å². The van der Waals surface area contributed by atoms with Gasteiger partial charge >= 0.3 is 0 Å². The molecule has 1 aromatic heterocycles. The van der Waals surface area contributed by atoms with Gasteiger partial charge in [0.25, 0.3) is 6.01 Å². The van der Waals surface area contributed by atoms with E-state index in [0.717, 1.165) is 18.5 Å². The number of aryl methyl sites for hydroxylation is 4. The summed E-state index contributed by atoms with van der Waals surface area (Å²) in [7, 11) is 0. The highest BCUT2D eigenvalue weighted by atomic mass is 16.4. The third-order valence-corrected chi connectivity index (χ3v) is 2.72. The summed E-state index contributed by atoms with van der Waals surface area (Å²) in [6.07, 6.45) is 3.46. The molecule has 84 valence electrons. The molecule has 0 fully saturated rings. The highest BCUT2D eigenvalue weighted by Gasteiger charge is 2.03. The largest absolute Gasteiger partial charge is 0.432 e. The van der Waals surface area contributed by atoms with Crippen LogP contribution in [0.5, 0.6) is 0 Å². The Labute approximate surface area is 95.3 Å². The topological polar surface area (TPSA) is 52.0 Å². The van der Waals surface area contributed by atoms with Gasteiger partial charge in [-0.2, -0.15) is 4.98 Å². The molecule has 0 bridgehead atoms. The van der Waals surface area contributed by atoms with E-state index in [-0.39, 0.29) is 6.01 Å². The fourth-order valence-corrected chi connectivity index (χ4v) is 1.77. The number of nitrogens with two attached hydrogens (primary N) is 1. The Morgan fingerprint density at radius 1 is 1.25 bits per heavy atom. The second-order valence-corrected chi connectivity index (χ2v) is 4.11. The first-order valence-electron chi connectivity index (χ1n) is 5.41. The van der Waals surface area contributed by atoms with Crippen molar-refractivity contribution in [1.29, 1.82) is 0 Å². The van der Waals surface area contributed by atoms with E-state index in [1.54, 1.807) is 6.26 Å². The standard InChI is InChI=1S/C13H16N2O/c1-9-3-4-10(2)11(7-9)5-6-12-8-16-13(14)15-12/h3-4,7-8H,5-6H2,1-2H3,(H2,14,15). The molecule has 0 amide bonds. The molecule has 1 aromatic carbocycles. The van der Waals surface area contributed by atoms with Crippen molar-refractivity contribution in [2.45, 2.75) is 26.7 Å². The zero-order chi connectivity index (χ0) is 11.5. The van der Waals surface area contributed by atoms with Gasteiger partial charge in [-0.25, -0.2) is 0 Å². The van der Waals surface area contributed by atoms with Crippen LogP contribution in [0.25, 0.3) is 0 Å². The lowest BCUT2D eigenvalue weighted by Gasteiger charge is -2.05. The Morgan fingerprint density at radius 2 is 2.06 bits per heavy atom. The maximum absolute atomic E-state index is 5.42. The average Bonchev–Trinajstić information content (AvgIpc) is 2.66. The van der Waals surface area contributed by atoms with Crippen LogP contribution in [0.4, 0.5) is 6.01 Å². The first kappa shape index (κ1) is 10.7. The Morgan fingerprint density at radius 3 is 2.75 bits per heavy atom. The molecule has 2 N–H and O–H groups in total. The molecular formula is C13H16N2O. The fourth-order valence-electron chi connectivity index (χ4n) is 1.77. The molecular weight excluding hydrogens is 200 g/mol. The highest BCUT2D eigenvalue weighted by Crippen LogP contribution is 2.14. The minimum atomic E-state index is 0.246. The summed E-state index contributed by atoms with van der Waals surface area (Å²) in [4.78, 5) is 4.09. The van der Waals surface area contributed by atoms with Crippen molar-refractivity contribution in [3.8, 4) is 0 Å². The van der Waals surface area contributed by atoms with Gasteiger partial charge in [0.2, 0.25) is 0 Å². The minimum Gasteiger partial charge on any atom is -0.432 e. The van der Waals surface area contributed by atoms with E-state index in [1.807, 2.05) is 0 Å². The third-order valence-electron chi connectivity index (χ3n) is 2.72. The van der Waals surface area contributed by atoms with E-state index in [2.05, 4.69) is 37.0 Å². The van der Waals surface area contributed by atoms with E-state index < -0.39 is 0 Å². The van der Waals surface area contributed by atoms with Gasteiger partial charge in [0.05, 0.1) is 5.69 Å². The number of rotatable bonds is 3. The molecule has 16 heavy (non-hydrogen) atoms. The van der Waals surface area contributed by atoms with Crippen LogP contribution >= 0.6 is 0 Å². The minimum absolute atomic E-state index is 0.246. The van der Waals surface area contributed by atoms with Crippen LogP contribution in [-0.2, 0) is 12.8 Å². The van der Waals surface area contributed by atoms with Crippen LogP contribution in [-0.4, -0.2) is 4.98 Å². The smallest absolute Gasteiger partial charge is 0.292 e. The number of nitrogens with zero attached hydrogens (tertiary/aromatic N) is 1. The SMILES string of the molecule is Cc1ccc(C)c(CCc2coc(N)n2)c1. The number of nitrogen functional groups attached to an aromatic ring is 1. The molecule has 0 atom stereocenters. The lowest BCUT2D eigenvalue weighted by molar-refractivity contribution is 0.578. The third kappa shape index (κ3) is 2.42. The number of anilines is 1. The summed E-state index contributed by atoms with van der Waals surface area (Å²) in [6.45, 7) is 4.24. The number of benzene rings is 1. The van der Waals surface area contributed by atoms with Gasteiger partial charge in [-0.15, -0.1) is 0 Å². The van der Waals surface area contributed by atoms with Crippen LogP contribution in [0.15, 0.2) is 28.9 Å². The molecule has 0 saturated heterocycles. The number of hydrogen-bond donors (Lipinski definition) is 1. The van der Waals surface area contributed by atoms with Gasteiger partial charge in [0, 0.05) is 0 Å². The molecule has 0 saturated carbocycles. The first-order chi connectivity index (χ1) is 7.65. The van der Waals surface area contributed by atoms with E-state index >= 15 is 0 Å². The lowest BCUT2D eigenvalue weighted by atomic mass is 10.0. The van der Waals surface area contributed by atoms with Crippen molar-refractivity contribution in [3.63, 3.8) is 0 Å². The summed E-state index contributed by atoms with van der Waals surface area (Å²) in [5.74, 6) is 0. The molecule has 2 rings (SSSR count). The summed E-state index contributed by atoms with van der Waals surface area (Å²) >= 11 is 0. The van der Waals surface area contributed by atoms with Gasteiger partial charge in [-0.1, -0.05) is 23.8 Å². The van der Waals surface area contributed by atoms with E-state index in [0.29, 0.717) is 0 Å². The van der Waals surface area contributed by atoms with Gasteiger partial charge in [0.15, 0.2) is 0 Å². The summed E-state index contributed by atoms with van der Waals surface area (Å²) < 4.78 is 4.97. The maximum Gasteiger partial charge on any atom is 0.292 e. The Hall–Kier alpha value is -1.77. The zero-order valence-corrected chi connectivity index (χ0v) is 9.66. The molecule has 0 aliphatic carbocycles. The van der Waals surface area contributed by atoms with Crippen LogP contribution in [0.2, 0.25) is 0 Å². The van der Waals surface area contributed by atoms with Crippen molar-refractivity contribution in [2.24, 2.45) is 0 Å². The van der Waals surface area contributed by atoms with Crippen molar-refractivity contribution in [2.75, 3.05) is 5.73 Å². The molecule has 2 aromatic rings. The molecule has 0 radical (unpaired) electrons. The fraction of sp³-hybridized carbons (Fsp3) is 0.308. The second-order valence-electron chi connectivity index (χ2n) is 4.11. The van der Waals surface area contributed by atoms with Crippen molar-refractivity contribution >= 4 is 6.01 Å². The lowest BCUT2D eigenvalue weighted by Crippen LogP contribution is -1.95. The summed E-state index contributed by atoms with van der Waals surface area (Å²) in [6, 6.07) is 6.75. The summed E-state index contributed by atoms with van der Waals surface area (Å²) in [5.41, 5.74) is 10.3. The summed E-state index contributed by atoms with van der Waals surface area (Å²) in [5, 5.41) is 0. The molecule has 3 heteroatoms. The van der Waals surface area contributed by atoms with Gasteiger partial charge in [-0.3, -0.25) is 0 Å². The molecule has 0 spiro atoms. The Balaban J connectivity index is 2.07. The van der Waals surface area contributed by atoms with Gasteiger partial charge in [0.1, 0.15) is 6.26 Å². The van der Waals surface area contributed by atoms with Gasteiger partial charge < -0.3 is 10.2 Å². The van der Waals surface area contributed by atoms with Crippen molar-refractivity contribution < 1.29 is 4.42 Å². The van der Waals surface area contributed by atoms with Gasteiger partial charge in [-0.05, 0) is 37.8 Å². The number of oxazole rings is 1. The first-order valence-corrected chi connectivity index (χ1v) is 5.41. The normalized spacial score (nSPS) is 10.6. The van der Waals surface area contributed by atoms with Crippen LogP contribution in [0.1, 0.15) is 22.4 Å². The Bertz CT molecular complexity index is 488. The van der Waals surface area contributed by atoms with Crippen LogP contribution in [0.3, 0.4) is 0 Å². The molecule has 3 nitrogen and oxygen atoms in total. The average molecular weight is 216 g/mol. The zero-order valence-electron chi connectivity index (χ0n) is 9.66. The maximum atomic E-state index is 5.42. The van der Waals surface area contributed by atoms with Crippen LogP contribution in [0, 0.1) is 13.8 Å². The van der Waals surface area contributed by atoms with E-state index in [9.17, 15) is 0 Å². The highest BCUT2D eigenvalue weighted by molar-refractivity contribution is 5.31. The molecule has 1 heterocycles. The predicted octanol–water partition coefficient (Wildman–Crippen LogP) is 2.66. The van der Waals surface area contributed by atoms with Crippen molar-refractivity contribution in [3.05, 3.63) is 46.8 Å². The van der Waals surface area contributed by atoms with Crippen LogP contribution < -0.4 is 5.73 Å². The quantitative estimate of drug-likeness (QED) is 0.858.